The summed E-state index contributed by atoms with van der Waals surface area (Å²) < 4.78 is 0. The van der Waals surface area contributed by atoms with Gasteiger partial charge in [0, 0.05) is 28.1 Å². The molecule has 0 radical (unpaired) electrons. The normalized spacial score (nSPS) is 12.1. The first-order valence-corrected chi connectivity index (χ1v) is 6.49. The molecule has 1 aromatic carbocycles. The Labute approximate surface area is 113 Å². The van der Waals surface area contributed by atoms with Crippen molar-refractivity contribution in [1.82, 2.24) is 4.98 Å². The van der Waals surface area contributed by atoms with Crippen LogP contribution in [0.25, 0.3) is 10.9 Å². The number of hydrogen-bond acceptors (Lipinski definition) is 2. The number of hydrogen-bond donors (Lipinski definition) is 1. The van der Waals surface area contributed by atoms with Gasteiger partial charge in [0.1, 0.15) is 0 Å². The van der Waals surface area contributed by atoms with Gasteiger partial charge < -0.3 is 5.73 Å². The van der Waals surface area contributed by atoms with E-state index in [1.807, 2.05) is 32.9 Å². The average molecular weight is 263 g/mol. The summed E-state index contributed by atoms with van der Waals surface area (Å²) in [6, 6.07) is 6.03. The number of halogens is 1. The van der Waals surface area contributed by atoms with E-state index in [2.05, 4.69) is 13.0 Å². The van der Waals surface area contributed by atoms with Crippen LogP contribution in [0.1, 0.15) is 30.7 Å². The second-order valence-corrected chi connectivity index (χ2v) is 6.15. The predicted octanol–water partition coefficient (Wildman–Crippen LogP) is 3.78. The number of nitrogens with two attached hydrogens (primary N) is 1. The van der Waals surface area contributed by atoms with Crippen LogP contribution < -0.4 is 5.73 Å². The topological polar surface area (TPSA) is 38.9 Å². The summed E-state index contributed by atoms with van der Waals surface area (Å²) in [6.45, 7) is 8.16. The molecule has 1 heterocycles. The zero-order valence-corrected chi connectivity index (χ0v) is 12.1. The molecule has 0 atom stereocenters. The maximum atomic E-state index is 6.09. The highest BCUT2D eigenvalue weighted by Crippen LogP contribution is 2.26. The van der Waals surface area contributed by atoms with E-state index in [1.54, 1.807) is 0 Å². The highest BCUT2D eigenvalue weighted by molar-refractivity contribution is 6.31. The van der Waals surface area contributed by atoms with Crippen molar-refractivity contribution in [2.75, 3.05) is 0 Å². The molecule has 0 saturated carbocycles. The first-order valence-electron chi connectivity index (χ1n) is 6.11. The number of nitrogens with zero attached hydrogens (tertiary/aromatic N) is 1. The first-order chi connectivity index (χ1) is 8.26. The molecule has 18 heavy (non-hydrogen) atoms. The number of benzene rings is 1. The van der Waals surface area contributed by atoms with Crippen LogP contribution in [0.15, 0.2) is 18.2 Å². The Morgan fingerprint density at radius 2 is 1.83 bits per heavy atom. The van der Waals surface area contributed by atoms with Gasteiger partial charge in [-0.05, 0) is 57.0 Å². The summed E-state index contributed by atoms with van der Waals surface area (Å²) in [5, 5.41) is 1.88. The van der Waals surface area contributed by atoms with Crippen molar-refractivity contribution in [3.05, 3.63) is 40.0 Å². The van der Waals surface area contributed by atoms with E-state index < -0.39 is 0 Å². The molecule has 2 N–H and O–H groups in total. The van der Waals surface area contributed by atoms with Crippen LogP contribution in [0.4, 0.5) is 0 Å². The lowest BCUT2D eigenvalue weighted by atomic mass is 9.97. The summed E-state index contributed by atoms with van der Waals surface area (Å²) in [7, 11) is 0. The Hall–Kier alpha value is -1.12. The van der Waals surface area contributed by atoms with Crippen molar-refractivity contribution >= 4 is 22.5 Å². The lowest BCUT2D eigenvalue weighted by Gasteiger charge is -2.19. The van der Waals surface area contributed by atoms with Crippen molar-refractivity contribution in [3.63, 3.8) is 0 Å². The minimum Gasteiger partial charge on any atom is -0.325 e. The van der Waals surface area contributed by atoms with Crippen LogP contribution in [0.2, 0.25) is 5.02 Å². The van der Waals surface area contributed by atoms with Crippen molar-refractivity contribution in [3.8, 4) is 0 Å². The Bertz CT molecular complexity index is 597. The minimum absolute atomic E-state index is 0.243. The fourth-order valence-electron chi connectivity index (χ4n) is 2.25. The molecule has 0 aliphatic rings. The van der Waals surface area contributed by atoms with Gasteiger partial charge in [-0.15, -0.1) is 0 Å². The number of aromatic nitrogens is 1. The number of pyridine rings is 1. The molecule has 0 aliphatic heterocycles. The molecule has 0 unspecified atom stereocenters. The van der Waals surface area contributed by atoms with Crippen molar-refractivity contribution in [1.29, 1.82) is 0 Å². The molecule has 0 saturated heterocycles. The summed E-state index contributed by atoms with van der Waals surface area (Å²) in [5.74, 6) is 0. The Balaban J connectivity index is 2.62. The lowest BCUT2D eigenvalue weighted by molar-refractivity contribution is 0.511. The maximum absolute atomic E-state index is 6.09. The Kier molecular flexibility index (Phi) is 3.35. The fraction of sp³-hybridized carbons (Fsp3) is 0.400. The Morgan fingerprint density at radius 1 is 1.17 bits per heavy atom. The van der Waals surface area contributed by atoms with Crippen molar-refractivity contribution < 1.29 is 0 Å². The quantitative estimate of drug-likeness (QED) is 0.894. The van der Waals surface area contributed by atoms with Gasteiger partial charge in [-0.3, -0.25) is 4.98 Å². The van der Waals surface area contributed by atoms with E-state index in [0.29, 0.717) is 0 Å². The molecule has 0 bridgehead atoms. The molecule has 1 aromatic heterocycles. The van der Waals surface area contributed by atoms with Gasteiger partial charge in [0.2, 0.25) is 0 Å². The highest BCUT2D eigenvalue weighted by Gasteiger charge is 2.14. The van der Waals surface area contributed by atoms with E-state index in [0.717, 1.165) is 33.6 Å². The van der Waals surface area contributed by atoms with E-state index in [1.165, 1.54) is 5.56 Å². The standard InChI is InChI=1S/C15H19ClN2/c1-9-6-12(8-15(3,4)17)18-14-10(2)5-11(16)7-13(9)14/h5-7H,8,17H2,1-4H3. The third-order valence-corrected chi connectivity index (χ3v) is 3.18. The van der Waals surface area contributed by atoms with Gasteiger partial charge in [0.05, 0.1) is 5.52 Å². The number of aryl methyl sites for hydroxylation is 2. The highest BCUT2D eigenvalue weighted by atomic mass is 35.5. The average Bonchev–Trinajstić information content (AvgIpc) is 2.17. The smallest absolute Gasteiger partial charge is 0.0738 e. The molecule has 0 aliphatic carbocycles. The zero-order chi connectivity index (χ0) is 13.5. The SMILES string of the molecule is Cc1cc(CC(C)(C)N)nc2c(C)cc(Cl)cc12. The van der Waals surface area contributed by atoms with Gasteiger partial charge in [-0.25, -0.2) is 0 Å². The van der Waals surface area contributed by atoms with Crippen molar-refractivity contribution in [2.24, 2.45) is 5.73 Å². The van der Waals surface area contributed by atoms with Crippen LogP contribution >= 0.6 is 11.6 Å². The molecular formula is C15H19ClN2. The third-order valence-electron chi connectivity index (χ3n) is 2.97. The predicted molar refractivity (Wildman–Crippen MR) is 78.2 cm³/mol. The number of fused-ring (bicyclic) bond motifs is 1. The van der Waals surface area contributed by atoms with Gasteiger partial charge in [-0.1, -0.05) is 11.6 Å². The maximum Gasteiger partial charge on any atom is 0.0738 e. The summed E-state index contributed by atoms with van der Waals surface area (Å²) in [6.07, 6.45) is 0.770. The fourth-order valence-corrected chi connectivity index (χ4v) is 2.52. The molecule has 96 valence electrons. The van der Waals surface area contributed by atoms with Gasteiger partial charge in [0.15, 0.2) is 0 Å². The first kappa shape index (κ1) is 13.3. The van der Waals surface area contributed by atoms with E-state index in [9.17, 15) is 0 Å². The van der Waals surface area contributed by atoms with Crippen molar-refractivity contribution in [2.45, 2.75) is 39.7 Å². The van der Waals surface area contributed by atoms with E-state index in [4.69, 9.17) is 22.3 Å². The summed E-state index contributed by atoms with van der Waals surface area (Å²) in [5.41, 5.74) is 10.2. The minimum atomic E-state index is -0.243. The van der Waals surface area contributed by atoms with Crippen LogP contribution in [-0.4, -0.2) is 10.5 Å². The van der Waals surface area contributed by atoms with Crippen LogP contribution in [0.5, 0.6) is 0 Å². The molecule has 2 nitrogen and oxygen atoms in total. The second kappa shape index (κ2) is 4.52. The van der Waals surface area contributed by atoms with Gasteiger partial charge >= 0.3 is 0 Å². The summed E-state index contributed by atoms with van der Waals surface area (Å²) in [4.78, 5) is 4.72. The Morgan fingerprint density at radius 3 is 2.44 bits per heavy atom. The third kappa shape index (κ3) is 2.82. The summed E-state index contributed by atoms with van der Waals surface area (Å²) >= 11 is 6.09. The largest absolute Gasteiger partial charge is 0.325 e. The zero-order valence-electron chi connectivity index (χ0n) is 11.3. The molecule has 2 rings (SSSR count). The number of rotatable bonds is 2. The van der Waals surface area contributed by atoms with Gasteiger partial charge in [-0.2, -0.15) is 0 Å². The molecular weight excluding hydrogens is 244 g/mol. The molecule has 3 heteroatoms. The second-order valence-electron chi connectivity index (χ2n) is 5.71. The molecule has 2 aromatic rings. The molecule has 0 amide bonds. The molecule has 0 spiro atoms. The molecule has 0 fully saturated rings. The van der Waals surface area contributed by atoms with Crippen LogP contribution in [0, 0.1) is 13.8 Å². The monoisotopic (exact) mass is 262 g/mol. The van der Waals surface area contributed by atoms with Crippen LogP contribution in [-0.2, 0) is 6.42 Å². The van der Waals surface area contributed by atoms with Crippen LogP contribution in [0.3, 0.4) is 0 Å². The van der Waals surface area contributed by atoms with E-state index in [-0.39, 0.29) is 5.54 Å². The van der Waals surface area contributed by atoms with E-state index >= 15 is 0 Å². The lowest BCUT2D eigenvalue weighted by Crippen LogP contribution is -2.34. The van der Waals surface area contributed by atoms with Gasteiger partial charge in [0.25, 0.3) is 0 Å².